The Kier molecular flexibility index (Phi) is 6.92. The van der Waals surface area contributed by atoms with Gasteiger partial charge < -0.3 is 15.1 Å². The van der Waals surface area contributed by atoms with Gasteiger partial charge in [-0.15, -0.1) is 0 Å². The molecule has 9 heteroatoms. The van der Waals surface area contributed by atoms with Gasteiger partial charge in [-0.3, -0.25) is 19.1 Å². The molecule has 0 aliphatic rings. The molecule has 4 rings (SSSR count). The minimum atomic E-state index is -1.08. The summed E-state index contributed by atoms with van der Waals surface area (Å²) in [5, 5.41) is 9.64. The first-order valence-corrected chi connectivity index (χ1v) is 10.7. The number of amides is 2. The summed E-state index contributed by atoms with van der Waals surface area (Å²) in [4.78, 5) is 42.8. The quantitative estimate of drug-likeness (QED) is 0.372. The molecule has 34 heavy (non-hydrogen) atoms. The van der Waals surface area contributed by atoms with Gasteiger partial charge >= 0.3 is 0 Å². The van der Waals surface area contributed by atoms with Crippen LogP contribution in [0.1, 0.15) is 21.8 Å². The Labute approximate surface area is 195 Å². The Balaban J connectivity index is 1.55. The van der Waals surface area contributed by atoms with Crippen molar-refractivity contribution < 1.29 is 18.8 Å². The van der Waals surface area contributed by atoms with Gasteiger partial charge in [0.15, 0.2) is 0 Å². The molecule has 0 fully saturated rings. The van der Waals surface area contributed by atoms with Crippen molar-refractivity contribution in [2.75, 3.05) is 0 Å². The molecule has 2 aromatic heterocycles. The van der Waals surface area contributed by atoms with Crippen LogP contribution in [-0.2, 0) is 29.6 Å². The molecule has 2 N–H and O–H groups in total. The summed E-state index contributed by atoms with van der Waals surface area (Å²) in [6, 6.07) is 17.4. The van der Waals surface area contributed by atoms with Gasteiger partial charge in [0.1, 0.15) is 18.0 Å². The molecule has 0 saturated carbocycles. The molecule has 0 spiro atoms. The van der Waals surface area contributed by atoms with E-state index in [9.17, 15) is 14.4 Å². The number of ketones is 1. The van der Waals surface area contributed by atoms with Crippen molar-refractivity contribution in [1.29, 1.82) is 0 Å². The Morgan fingerprint density at radius 2 is 1.74 bits per heavy atom. The van der Waals surface area contributed by atoms with Crippen molar-refractivity contribution in [3.05, 3.63) is 96.3 Å². The van der Waals surface area contributed by atoms with Gasteiger partial charge in [0, 0.05) is 25.2 Å². The molecule has 0 bridgehead atoms. The van der Waals surface area contributed by atoms with E-state index in [2.05, 4.69) is 20.7 Å². The monoisotopic (exact) mass is 457 g/mol. The number of aromatic nitrogens is 3. The van der Waals surface area contributed by atoms with Crippen molar-refractivity contribution in [2.45, 2.75) is 19.0 Å². The van der Waals surface area contributed by atoms with E-state index in [1.165, 1.54) is 17.1 Å². The van der Waals surface area contributed by atoms with Gasteiger partial charge in [-0.2, -0.15) is 5.10 Å². The van der Waals surface area contributed by atoms with Crippen molar-refractivity contribution >= 4 is 17.6 Å². The Morgan fingerprint density at radius 1 is 1.03 bits per heavy atom. The summed E-state index contributed by atoms with van der Waals surface area (Å²) >= 11 is 0. The van der Waals surface area contributed by atoms with Crippen LogP contribution >= 0.6 is 0 Å². The molecule has 4 aromatic rings. The second kappa shape index (κ2) is 10.4. The standard InChI is InChI=1S/C25H23N5O4/c1-30-16-19(22(29-30)18-10-6-3-7-11-18)24(32)28-20(14-17-8-4-2-5-9-17)23(31)25(33)27-15-21-26-12-13-34-21/h2-13,16,20H,14-15H2,1H3,(H,27,33)(H,28,32)/t20-/m0/s1. The van der Waals surface area contributed by atoms with Crippen LogP contribution in [-0.4, -0.2) is 38.4 Å². The molecule has 0 aliphatic carbocycles. The van der Waals surface area contributed by atoms with E-state index < -0.39 is 23.6 Å². The Bertz CT molecular complexity index is 1270. The number of nitrogens with zero attached hydrogens (tertiary/aromatic N) is 3. The molecule has 172 valence electrons. The first kappa shape index (κ1) is 22.7. The molecule has 0 aliphatic heterocycles. The fourth-order valence-corrected chi connectivity index (χ4v) is 3.50. The highest BCUT2D eigenvalue weighted by Gasteiger charge is 2.29. The molecular weight excluding hydrogens is 434 g/mol. The molecule has 0 radical (unpaired) electrons. The lowest BCUT2D eigenvalue weighted by atomic mass is 10.0. The molecule has 2 amide bonds. The summed E-state index contributed by atoms with van der Waals surface area (Å²) < 4.78 is 6.62. The highest BCUT2D eigenvalue weighted by Crippen LogP contribution is 2.21. The van der Waals surface area contributed by atoms with Gasteiger partial charge in [0.25, 0.3) is 11.8 Å². The van der Waals surface area contributed by atoms with Crippen molar-refractivity contribution in [1.82, 2.24) is 25.4 Å². The summed E-state index contributed by atoms with van der Waals surface area (Å²) in [5.41, 5.74) is 2.36. The first-order valence-electron chi connectivity index (χ1n) is 10.7. The minimum Gasteiger partial charge on any atom is -0.447 e. The number of hydrogen-bond donors (Lipinski definition) is 2. The van der Waals surface area contributed by atoms with Crippen LogP contribution < -0.4 is 10.6 Å². The molecule has 0 unspecified atom stereocenters. The minimum absolute atomic E-state index is 0.0374. The van der Waals surface area contributed by atoms with Gasteiger partial charge in [0.2, 0.25) is 11.7 Å². The maximum atomic E-state index is 13.3. The lowest BCUT2D eigenvalue weighted by Crippen LogP contribution is -2.48. The number of nitrogens with one attached hydrogen (secondary N) is 2. The third-order valence-corrected chi connectivity index (χ3v) is 5.13. The maximum Gasteiger partial charge on any atom is 0.290 e. The van der Waals surface area contributed by atoms with E-state index in [1.807, 2.05) is 60.7 Å². The van der Waals surface area contributed by atoms with E-state index in [0.29, 0.717) is 11.3 Å². The largest absolute Gasteiger partial charge is 0.447 e. The van der Waals surface area contributed by atoms with Gasteiger partial charge in [-0.1, -0.05) is 60.7 Å². The lowest BCUT2D eigenvalue weighted by molar-refractivity contribution is -0.139. The average molecular weight is 457 g/mol. The van der Waals surface area contributed by atoms with Crippen LogP contribution in [0.3, 0.4) is 0 Å². The van der Waals surface area contributed by atoms with Gasteiger partial charge in [-0.25, -0.2) is 4.98 Å². The normalized spacial score (nSPS) is 11.6. The van der Waals surface area contributed by atoms with Crippen LogP contribution in [0.15, 0.2) is 83.7 Å². The number of aryl methyl sites for hydroxylation is 1. The van der Waals surface area contributed by atoms with E-state index in [-0.39, 0.29) is 18.9 Å². The molecule has 1 atom stereocenters. The van der Waals surface area contributed by atoms with Gasteiger partial charge in [-0.05, 0) is 5.56 Å². The smallest absolute Gasteiger partial charge is 0.290 e. The van der Waals surface area contributed by atoms with E-state index in [0.717, 1.165) is 11.1 Å². The summed E-state index contributed by atoms with van der Waals surface area (Å²) in [7, 11) is 1.71. The zero-order valence-corrected chi connectivity index (χ0v) is 18.5. The van der Waals surface area contributed by atoms with E-state index >= 15 is 0 Å². The second-order valence-corrected chi connectivity index (χ2v) is 7.62. The second-order valence-electron chi connectivity index (χ2n) is 7.62. The number of benzene rings is 2. The maximum absolute atomic E-state index is 13.3. The number of Topliss-reactive ketones (excluding diaryl/α,β-unsaturated/α-hetero) is 1. The molecule has 2 aromatic carbocycles. The first-order chi connectivity index (χ1) is 16.5. The van der Waals surface area contributed by atoms with Gasteiger partial charge in [0.05, 0.1) is 18.3 Å². The zero-order chi connectivity index (χ0) is 23.9. The third kappa shape index (κ3) is 5.44. The highest BCUT2D eigenvalue weighted by atomic mass is 16.3. The van der Waals surface area contributed by atoms with E-state index in [1.54, 1.807) is 13.2 Å². The summed E-state index contributed by atoms with van der Waals surface area (Å²) in [5.74, 6) is -1.84. The summed E-state index contributed by atoms with van der Waals surface area (Å²) in [6.45, 7) is -0.0374. The third-order valence-electron chi connectivity index (χ3n) is 5.13. The Morgan fingerprint density at radius 3 is 2.41 bits per heavy atom. The predicted octanol–water partition coefficient (Wildman–Crippen LogP) is 2.30. The molecule has 2 heterocycles. The van der Waals surface area contributed by atoms with Crippen molar-refractivity contribution in [3.8, 4) is 11.3 Å². The SMILES string of the molecule is Cn1cc(C(=O)N[C@@H](Cc2ccccc2)C(=O)C(=O)NCc2ncco2)c(-c2ccccc2)n1. The number of carbonyl (C=O) groups excluding carboxylic acids is 3. The number of oxazole rings is 1. The van der Waals surface area contributed by atoms with Crippen LogP contribution in [0.25, 0.3) is 11.3 Å². The van der Waals surface area contributed by atoms with Crippen molar-refractivity contribution in [3.63, 3.8) is 0 Å². The predicted molar refractivity (Wildman–Crippen MR) is 123 cm³/mol. The fraction of sp³-hybridized carbons (Fsp3) is 0.160. The fourth-order valence-electron chi connectivity index (χ4n) is 3.50. The number of carbonyl (C=O) groups is 3. The van der Waals surface area contributed by atoms with Crippen LogP contribution in [0, 0.1) is 0 Å². The number of hydrogen-bond acceptors (Lipinski definition) is 6. The topological polar surface area (TPSA) is 119 Å². The van der Waals surface area contributed by atoms with Crippen molar-refractivity contribution in [2.24, 2.45) is 7.05 Å². The average Bonchev–Trinajstić information content (AvgIpc) is 3.52. The molecule has 9 nitrogen and oxygen atoms in total. The molecule has 0 saturated heterocycles. The van der Waals surface area contributed by atoms with Crippen LogP contribution in [0.2, 0.25) is 0 Å². The summed E-state index contributed by atoms with van der Waals surface area (Å²) in [6.07, 6.45) is 4.56. The van der Waals surface area contributed by atoms with E-state index in [4.69, 9.17) is 4.42 Å². The number of rotatable bonds is 9. The zero-order valence-electron chi connectivity index (χ0n) is 18.5. The lowest BCUT2D eigenvalue weighted by Gasteiger charge is -2.17. The molecular formula is C25H23N5O4. The van der Waals surface area contributed by atoms with Crippen LogP contribution in [0.4, 0.5) is 0 Å². The van der Waals surface area contributed by atoms with Crippen LogP contribution in [0.5, 0.6) is 0 Å². The highest BCUT2D eigenvalue weighted by molar-refractivity contribution is 6.38. The Hall–Kier alpha value is -4.53.